The second-order valence-corrected chi connectivity index (χ2v) is 5.27. The molecule has 20 heavy (non-hydrogen) atoms. The maximum absolute atomic E-state index is 12.1. The number of carboxylic acid groups (broad SMARTS) is 1. The molecule has 110 valence electrons. The summed E-state index contributed by atoms with van der Waals surface area (Å²) in [6.07, 6.45) is 1.45. The van der Waals surface area contributed by atoms with E-state index in [1.807, 2.05) is 45.0 Å². The van der Waals surface area contributed by atoms with Gasteiger partial charge in [-0.1, -0.05) is 43.7 Å². The van der Waals surface area contributed by atoms with E-state index in [-0.39, 0.29) is 18.7 Å². The highest BCUT2D eigenvalue weighted by atomic mass is 16.4. The molecule has 1 aromatic carbocycles. The van der Waals surface area contributed by atoms with Crippen molar-refractivity contribution in [3.63, 3.8) is 0 Å². The monoisotopic (exact) mass is 277 g/mol. The van der Waals surface area contributed by atoms with Gasteiger partial charge < -0.3 is 10.4 Å². The van der Waals surface area contributed by atoms with Crippen LogP contribution in [0.1, 0.15) is 44.2 Å². The fourth-order valence-corrected chi connectivity index (χ4v) is 2.24. The Bertz CT molecular complexity index is 461. The molecule has 0 bridgehead atoms. The summed E-state index contributed by atoms with van der Waals surface area (Å²) in [6, 6.07) is 7.77. The lowest BCUT2D eigenvalue weighted by atomic mass is 9.88. The average molecular weight is 277 g/mol. The Kier molecular flexibility index (Phi) is 5.74. The van der Waals surface area contributed by atoms with E-state index in [0.29, 0.717) is 12.8 Å². The van der Waals surface area contributed by atoms with Crippen molar-refractivity contribution < 1.29 is 14.7 Å². The zero-order valence-corrected chi connectivity index (χ0v) is 12.4. The van der Waals surface area contributed by atoms with Crippen molar-refractivity contribution >= 4 is 11.9 Å². The molecule has 0 aliphatic carbocycles. The molecular weight excluding hydrogens is 254 g/mol. The number of aliphatic carboxylic acids is 1. The van der Waals surface area contributed by atoms with Crippen molar-refractivity contribution in [2.45, 2.75) is 52.0 Å². The first kappa shape index (κ1) is 16.2. The van der Waals surface area contributed by atoms with E-state index in [0.717, 1.165) is 11.1 Å². The van der Waals surface area contributed by atoms with Crippen LogP contribution in [0.2, 0.25) is 0 Å². The smallest absolute Gasteiger partial charge is 0.305 e. The van der Waals surface area contributed by atoms with Crippen molar-refractivity contribution in [1.29, 1.82) is 0 Å². The molecule has 0 aliphatic heterocycles. The Balaban J connectivity index is 2.71. The molecule has 0 spiro atoms. The quantitative estimate of drug-likeness (QED) is 0.805. The molecule has 1 rings (SSSR count). The van der Waals surface area contributed by atoms with Gasteiger partial charge in [0, 0.05) is 5.54 Å². The number of carboxylic acids is 1. The summed E-state index contributed by atoms with van der Waals surface area (Å²) >= 11 is 0. The number of hydrogen-bond acceptors (Lipinski definition) is 2. The molecule has 2 N–H and O–H groups in total. The van der Waals surface area contributed by atoms with Crippen LogP contribution in [-0.4, -0.2) is 22.5 Å². The summed E-state index contributed by atoms with van der Waals surface area (Å²) in [6.45, 7) is 5.80. The zero-order valence-electron chi connectivity index (χ0n) is 12.4. The maximum Gasteiger partial charge on any atom is 0.305 e. The molecule has 0 aromatic heterocycles. The third-order valence-corrected chi connectivity index (χ3v) is 3.73. The minimum Gasteiger partial charge on any atom is -0.481 e. The van der Waals surface area contributed by atoms with Crippen LogP contribution in [0.25, 0.3) is 0 Å². The first-order valence-corrected chi connectivity index (χ1v) is 6.99. The van der Waals surface area contributed by atoms with Gasteiger partial charge in [0.05, 0.1) is 12.8 Å². The zero-order chi connectivity index (χ0) is 15.2. The second kappa shape index (κ2) is 7.08. The summed E-state index contributed by atoms with van der Waals surface area (Å²) in [5, 5.41) is 11.9. The molecule has 4 heteroatoms. The lowest BCUT2D eigenvalue weighted by Crippen LogP contribution is -2.49. The van der Waals surface area contributed by atoms with Gasteiger partial charge >= 0.3 is 5.97 Å². The molecule has 0 saturated carbocycles. The molecule has 0 fully saturated rings. The van der Waals surface area contributed by atoms with Crippen molar-refractivity contribution in [2.75, 3.05) is 0 Å². The molecule has 0 unspecified atom stereocenters. The number of benzene rings is 1. The molecule has 0 aliphatic rings. The standard InChI is InChI=1S/C16H23NO3/c1-4-16(5-2,11-15(19)20)17-14(18)10-13-8-6-12(3)7-9-13/h6-9H,4-5,10-11H2,1-3H3,(H,17,18)(H,19,20). The van der Waals surface area contributed by atoms with Crippen molar-refractivity contribution in [3.05, 3.63) is 35.4 Å². The van der Waals surface area contributed by atoms with Gasteiger partial charge in [-0.3, -0.25) is 9.59 Å². The molecule has 0 atom stereocenters. The van der Waals surface area contributed by atoms with Crippen molar-refractivity contribution in [1.82, 2.24) is 5.32 Å². The van der Waals surface area contributed by atoms with E-state index in [1.54, 1.807) is 0 Å². The van der Waals surface area contributed by atoms with Crippen LogP contribution in [0.5, 0.6) is 0 Å². The van der Waals surface area contributed by atoms with Crippen LogP contribution in [-0.2, 0) is 16.0 Å². The third kappa shape index (κ3) is 4.68. The summed E-state index contributed by atoms with van der Waals surface area (Å²) in [4.78, 5) is 23.1. The van der Waals surface area contributed by atoms with Crippen LogP contribution < -0.4 is 5.32 Å². The summed E-state index contributed by atoms with van der Waals surface area (Å²) < 4.78 is 0. The highest BCUT2D eigenvalue weighted by Gasteiger charge is 2.30. The Morgan fingerprint density at radius 3 is 2.15 bits per heavy atom. The Morgan fingerprint density at radius 1 is 1.15 bits per heavy atom. The maximum atomic E-state index is 12.1. The van der Waals surface area contributed by atoms with Crippen LogP contribution in [0.3, 0.4) is 0 Å². The minimum absolute atomic E-state index is 0.0420. The second-order valence-electron chi connectivity index (χ2n) is 5.27. The molecule has 0 heterocycles. The van der Waals surface area contributed by atoms with E-state index in [4.69, 9.17) is 5.11 Å². The highest BCUT2D eigenvalue weighted by Crippen LogP contribution is 2.20. The van der Waals surface area contributed by atoms with Gasteiger partial charge in [-0.15, -0.1) is 0 Å². The predicted octanol–water partition coefficient (Wildman–Crippen LogP) is 2.69. The number of amides is 1. The van der Waals surface area contributed by atoms with Gasteiger partial charge in [0.2, 0.25) is 5.91 Å². The van der Waals surface area contributed by atoms with Crippen molar-refractivity contribution in [3.8, 4) is 0 Å². The average Bonchev–Trinajstić information content (AvgIpc) is 2.40. The first-order chi connectivity index (χ1) is 9.40. The fraction of sp³-hybridized carbons (Fsp3) is 0.500. The van der Waals surface area contributed by atoms with Crippen LogP contribution in [0.4, 0.5) is 0 Å². The summed E-state index contributed by atoms with van der Waals surface area (Å²) in [5.74, 6) is -1.01. The van der Waals surface area contributed by atoms with Crippen LogP contribution in [0, 0.1) is 6.92 Å². The summed E-state index contributed by atoms with van der Waals surface area (Å²) in [7, 11) is 0. The molecular formula is C16H23NO3. The van der Waals surface area contributed by atoms with Crippen molar-refractivity contribution in [2.24, 2.45) is 0 Å². The van der Waals surface area contributed by atoms with Gasteiger partial charge in [0.1, 0.15) is 0 Å². The van der Waals surface area contributed by atoms with Gasteiger partial charge in [-0.25, -0.2) is 0 Å². The van der Waals surface area contributed by atoms with E-state index in [9.17, 15) is 9.59 Å². The molecule has 1 aromatic rings. The summed E-state index contributed by atoms with van der Waals surface area (Å²) in [5.41, 5.74) is 1.44. The lowest BCUT2D eigenvalue weighted by molar-refractivity contribution is -0.139. The van der Waals surface area contributed by atoms with E-state index >= 15 is 0 Å². The largest absolute Gasteiger partial charge is 0.481 e. The Hall–Kier alpha value is -1.84. The number of carbonyl (C=O) groups excluding carboxylic acids is 1. The minimum atomic E-state index is -0.885. The number of rotatable bonds is 7. The number of carbonyl (C=O) groups is 2. The Morgan fingerprint density at radius 2 is 1.70 bits per heavy atom. The van der Waals surface area contributed by atoms with Gasteiger partial charge in [0.25, 0.3) is 0 Å². The normalized spacial score (nSPS) is 11.2. The molecule has 0 saturated heterocycles. The number of nitrogens with one attached hydrogen (secondary N) is 1. The number of aryl methyl sites for hydroxylation is 1. The van der Waals surface area contributed by atoms with Gasteiger partial charge in [0.15, 0.2) is 0 Å². The van der Waals surface area contributed by atoms with E-state index in [2.05, 4.69) is 5.32 Å². The lowest BCUT2D eigenvalue weighted by Gasteiger charge is -2.31. The Labute approximate surface area is 120 Å². The molecule has 4 nitrogen and oxygen atoms in total. The number of hydrogen-bond donors (Lipinski definition) is 2. The first-order valence-electron chi connectivity index (χ1n) is 6.99. The fourth-order valence-electron chi connectivity index (χ4n) is 2.24. The van der Waals surface area contributed by atoms with Gasteiger partial charge in [-0.2, -0.15) is 0 Å². The highest BCUT2D eigenvalue weighted by molar-refractivity contribution is 5.80. The third-order valence-electron chi connectivity index (χ3n) is 3.73. The van der Waals surface area contributed by atoms with Crippen LogP contribution >= 0.6 is 0 Å². The van der Waals surface area contributed by atoms with Crippen LogP contribution in [0.15, 0.2) is 24.3 Å². The SMILES string of the molecule is CCC(CC)(CC(=O)O)NC(=O)Cc1ccc(C)cc1. The van der Waals surface area contributed by atoms with E-state index < -0.39 is 11.5 Å². The molecule has 1 amide bonds. The predicted molar refractivity (Wildman–Crippen MR) is 78.6 cm³/mol. The molecule has 0 radical (unpaired) electrons. The van der Waals surface area contributed by atoms with E-state index in [1.165, 1.54) is 0 Å². The topological polar surface area (TPSA) is 66.4 Å². The van der Waals surface area contributed by atoms with Gasteiger partial charge in [-0.05, 0) is 25.3 Å².